The Morgan fingerprint density at radius 1 is 1.11 bits per heavy atom. The Bertz CT molecular complexity index is 378. The Labute approximate surface area is 117 Å². The van der Waals surface area contributed by atoms with Gasteiger partial charge in [-0.05, 0) is 62.5 Å². The molecule has 0 aromatic heterocycles. The van der Waals surface area contributed by atoms with Crippen molar-refractivity contribution in [2.45, 2.75) is 57.5 Å². The highest BCUT2D eigenvalue weighted by Gasteiger charge is 2.32. The zero-order valence-electron chi connectivity index (χ0n) is 11.2. The molecule has 1 N–H and O–H groups in total. The maximum Gasteiger partial charge on any atom is 0.00728 e. The molecular formula is C16H24ClN. The average molecular weight is 266 g/mol. The first-order valence-corrected chi connectivity index (χ1v) is 7.12. The summed E-state index contributed by atoms with van der Waals surface area (Å²) in [6.07, 6.45) is 8.35. The van der Waals surface area contributed by atoms with Crippen LogP contribution >= 0.6 is 12.4 Å². The molecule has 2 bridgehead atoms. The molecule has 2 heterocycles. The summed E-state index contributed by atoms with van der Waals surface area (Å²) >= 11 is 0. The minimum atomic E-state index is 0. The molecule has 0 saturated carbocycles. The van der Waals surface area contributed by atoms with Gasteiger partial charge >= 0.3 is 0 Å². The maximum absolute atomic E-state index is 3.73. The van der Waals surface area contributed by atoms with Gasteiger partial charge in [0, 0.05) is 12.1 Å². The van der Waals surface area contributed by atoms with Gasteiger partial charge in [-0.25, -0.2) is 0 Å². The summed E-state index contributed by atoms with van der Waals surface area (Å²) in [4.78, 5) is 0. The molecule has 2 saturated heterocycles. The summed E-state index contributed by atoms with van der Waals surface area (Å²) in [5, 5.41) is 3.73. The molecular weight excluding hydrogens is 242 g/mol. The highest BCUT2D eigenvalue weighted by molar-refractivity contribution is 5.85. The number of hydrogen-bond donors (Lipinski definition) is 1. The number of aryl methyl sites for hydroxylation is 2. The van der Waals surface area contributed by atoms with Crippen LogP contribution in [0.25, 0.3) is 0 Å². The molecule has 3 atom stereocenters. The molecule has 0 radical (unpaired) electrons. The van der Waals surface area contributed by atoms with Crippen LogP contribution < -0.4 is 5.32 Å². The molecule has 0 spiro atoms. The van der Waals surface area contributed by atoms with E-state index in [0.29, 0.717) is 0 Å². The molecule has 0 amide bonds. The van der Waals surface area contributed by atoms with Crippen LogP contribution in [0.2, 0.25) is 0 Å². The zero-order chi connectivity index (χ0) is 11.7. The Hall–Kier alpha value is -0.530. The molecule has 2 aliphatic rings. The van der Waals surface area contributed by atoms with Gasteiger partial charge in [0.05, 0.1) is 0 Å². The molecule has 2 heteroatoms. The average Bonchev–Trinajstić information content (AvgIpc) is 2.68. The SMILES string of the molecule is Cc1ccccc1CC[C@H]1C[C@H]2CC[C@@H](C1)N2.Cl. The number of rotatable bonds is 3. The van der Waals surface area contributed by atoms with E-state index in [0.717, 1.165) is 18.0 Å². The van der Waals surface area contributed by atoms with Crippen molar-refractivity contribution >= 4 is 12.4 Å². The summed E-state index contributed by atoms with van der Waals surface area (Å²) < 4.78 is 0. The van der Waals surface area contributed by atoms with Crippen molar-refractivity contribution in [1.82, 2.24) is 5.32 Å². The standard InChI is InChI=1S/C16H23N.ClH/c1-12-4-2-3-5-14(12)7-6-13-10-15-8-9-16(11-13)17-15;/h2-5,13,15-17H,6-11H2,1H3;1H/t13-,15+,16-;. The van der Waals surface area contributed by atoms with Crippen LogP contribution in [0.5, 0.6) is 0 Å². The summed E-state index contributed by atoms with van der Waals surface area (Å²) in [5.74, 6) is 0.966. The van der Waals surface area contributed by atoms with E-state index in [2.05, 4.69) is 36.5 Å². The van der Waals surface area contributed by atoms with Crippen molar-refractivity contribution in [3.05, 3.63) is 35.4 Å². The Kier molecular flexibility index (Phi) is 4.69. The number of piperidine rings is 1. The number of halogens is 1. The van der Waals surface area contributed by atoms with E-state index >= 15 is 0 Å². The Balaban J connectivity index is 0.00000120. The first-order chi connectivity index (χ1) is 8.31. The minimum absolute atomic E-state index is 0. The predicted molar refractivity (Wildman–Crippen MR) is 79.4 cm³/mol. The highest BCUT2D eigenvalue weighted by atomic mass is 35.5. The van der Waals surface area contributed by atoms with Crippen LogP contribution in [0, 0.1) is 12.8 Å². The lowest BCUT2D eigenvalue weighted by Crippen LogP contribution is -2.38. The third-order valence-corrected chi connectivity index (χ3v) is 4.65. The fourth-order valence-electron chi connectivity index (χ4n) is 3.66. The topological polar surface area (TPSA) is 12.0 Å². The Morgan fingerprint density at radius 3 is 2.44 bits per heavy atom. The number of nitrogens with one attached hydrogen (secondary N) is 1. The smallest absolute Gasteiger partial charge is 0.00728 e. The summed E-state index contributed by atoms with van der Waals surface area (Å²) in [6.45, 7) is 2.24. The summed E-state index contributed by atoms with van der Waals surface area (Å²) in [7, 11) is 0. The predicted octanol–water partition coefficient (Wildman–Crippen LogP) is 3.88. The Morgan fingerprint density at radius 2 is 1.78 bits per heavy atom. The van der Waals surface area contributed by atoms with Gasteiger partial charge in [-0.3, -0.25) is 0 Å². The zero-order valence-corrected chi connectivity index (χ0v) is 12.0. The van der Waals surface area contributed by atoms with Crippen LogP contribution in [0.4, 0.5) is 0 Å². The summed E-state index contributed by atoms with van der Waals surface area (Å²) in [6, 6.07) is 10.5. The first-order valence-electron chi connectivity index (χ1n) is 7.12. The van der Waals surface area contributed by atoms with Crippen LogP contribution in [-0.4, -0.2) is 12.1 Å². The normalized spacial score (nSPS) is 29.9. The monoisotopic (exact) mass is 265 g/mol. The quantitative estimate of drug-likeness (QED) is 0.875. The maximum atomic E-state index is 3.73. The number of fused-ring (bicyclic) bond motifs is 2. The molecule has 0 aliphatic carbocycles. The molecule has 3 rings (SSSR count). The molecule has 100 valence electrons. The van der Waals surface area contributed by atoms with Crippen molar-refractivity contribution in [2.75, 3.05) is 0 Å². The molecule has 1 aromatic carbocycles. The van der Waals surface area contributed by atoms with Gasteiger partial charge in [-0.15, -0.1) is 12.4 Å². The van der Waals surface area contributed by atoms with E-state index in [1.54, 1.807) is 5.56 Å². The van der Waals surface area contributed by atoms with Gasteiger partial charge in [0.1, 0.15) is 0 Å². The van der Waals surface area contributed by atoms with Crippen molar-refractivity contribution in [3.63, 3.8) is 0 Å². The number of benzene rings is 1. The van der Waals surface area contributed by atoms with E-state index in [9.17, 15) is 0 Å². The lowest BCUT2D eigenvalue weighted by Gasteiger charge is -2.29. The second kappa shape index (κ2) is 6.08. The van der Waals surface area contributed by atoms with Gasteiger partial charge in [0.25, 0.3) is 0 Å². The van der Waals surface area contributed by atoms with Gasteiger partial charge in [0.15, 0.2) is 0 Å². The first kappa shape index (κ1) is 13.9. The minimum Gasteiger partial charge on any atom is -0.311 e. The fraction of sp³-hybridized carbons (Fsp3) is 0.625. The third-order valence-electron chi connectivity index (χ3n) is 4.65. The van der Waals surface area contributed by atoms with Crippen LogP contribution in [0.3, 0.4) is 0 Å². The van der Waals surface area contributed by atoms with E-state index < -0.39 is 0 Å². The lowest BCUT2D eigenvalue weighted by molar-refractivity contribution is 0.286. The van der Waals surface area contributed by atoms with Gasteiger partial charge < -0.3 is 5.32 Å². The van der Waals surface area contributed by atoms with E-state index in [1.807, 2.05) is 0 Å². The van der Waals surface area contributed by atoms with Crippen molar-refractivity contribution < 1.29 is 0 Å². The second-order valence-corrected chi connectivity index (χ2v) is 5.94. The van der Waals surface area contributed by atoms with Gasteiger partial charge in [0.2, 0.25) is 0 Å². The van der Waals surface area contributed by atoms with Crippen molar-refractivity contribution in [2.24, 2.45) is 5.92 Å². The van der Waals surface area contributed by atoms with E-state index in [1.165, 1.54) is 44.1 Å². The van der Waals surface area contributed by atoms with E-state index in [-0.39, 0.29) is 12.4 Å². The molecule has 0 unspecified atom stereocenters. The van der Waals surface area contributed by atoms with Gasteiger partial charge in [-0.1, -0.05) is 24.3 Å². The summed E-state index contributed by atoms with van der Waals surface area (Å²) in [5.41, 5.74) is 3.02. The highest BCUT2D eigenvalue weighted by Crippen LogP contribution is 2.33. The lowest BCUT2D eigenvalue weighted by atomic mass is 9.87. The molecule has 18 heavy (non-hydrogen) atoms. The second-order valence-electron chi connectivity index (χ2n) is 5.94. The third kappa shape index (κ3) is 3.07. The molecule has 2 fully saturated rings. The van der Waals surface area contributed by atoms with Gasteiger partial charge in [-0.2, -0.15) is 0 Å². The fourth-order valence-corrected chi connectivity index (χ4v) is 3.66. The van der Waals surface area contributed by atoms with Crippen LogP contribution in [0.15, 0.2) is 24.3 Å². The molecule has 2 aliphatic heterocycles. The number of hydrogen-bond acceptors (Lipinski definition) is 1. The van der Waals surface area contributed by atoms with Crippen molar-refractivity contribution in [3.8, 4) is 0 Å². The largest absolute Gasteiger partial charge is 0.311 e. The molecule has 1 nitrogen and oxygen atoms in total. The van der Waals surface area contributed by atoms with Crippen LogP contribution in [-0.2, 0) is 6.42 Å². The van der Waals surface area contributed by atoms with Crippen LogP contribution in [0.1, 0.15) is 43.2 Å². The molecule has 1 aromatic rings. The van der Waals surface area contributed by atoms with E-state index in [4.69, 9.17) is 0 Å². The van der Waals surface area contributed by atoms with Crippen molar-refractivity contribution in [1.29, 1.82) is 0 Å².